The van der Waals surface area contributed by atoms with Gasteiger partial charge in [0.15, 0.2) is 0 Å². The van der Waals surface area contributed by atoms with E-state index in [1.54, 1.807) is 24.5 Å². The van der Waals surface area contributed by atoms with Crippen LogP contribution < -0.4 is 10.1 Å². The van der Waals surface area contributed by atoms with Crippen LogP contribution in [0, 0.1) is 0 Å². The van der Waals surface area contributed by atoms with Gasteiger partial charge in [0, 0.05) is 23.1 Å². The number of rotatable bonds is 6. The van der Waals surface area contributed by atoms with E-state index in [1.165, 1.54) is 0 Å². The molecule has 4 aromatic rings. The monoisotopic (exact) mass is 378 g/mol. The van der Waals surface area contributed by atoms with Crippen molar-refractivity contribution in [2.45, 2.75) is 6.61 Å². The summed E-state index contributed by atoms with van der Waals surface area (Å²) in [6.07, 6.45) is 3.47. The van der Waals surface area contributed by atoms with Gasteiger partial charge in [0.2, 0.25) is 0 Å². The Labute approximate surface area is 160 Å². The first kappa shape index (κ1) is 17.1. The minimum absolute atomic E-state index is 0.288. The number of hydrogen-bond donors (Lipinski definition) is 1. The topological polar surface area (TPSA) is 73.1 Å². The molecule has 0 saturated heterocycles. The average Bonchev–Trinajstić information content (AvgIpc) is 3.17. The van der Waals surface area contributed by atoms with Gasteiger partial charge >= 0.3 is 6.01 Å². The quantitative estimate of drug-likeness (QED) is 0.502. The third-order valence-corrected chi connectivity index (χ3v) is 4.03. The Morgan fingerprint density at radius 1 is 0.926 bits per heavy atom. The Hall–Kier alpha value is -3.38. The lowest BCUT2D eigenvalue weighted by Gasteiger charge is -2.09. The van der Waals surface area contributed by atoms with Crippen molar-refractivity contribution in [2.24, 2.45) is 0 Å². The molecular weight excluding hydrogens is 364 g/mol. The Bertz CT molecular complexity index is 1020. The summed E-state index contributed by atoms with van der Waals surface area (Å²) in [5, 5.41) is 11.9. The minimum Gasteiger partial charge on any atom is -0.488 e. The first-order valence-electron chi connectivity index (χ1n) is 8.25. The van der Waals surface area contributed by atoms with E-state index in [1.807, 2.05) is 48.5 Å². The summed E-state index contributed by atoms with van der Waals surface area (Å²) in [5.41, 5.74) is 2.55. The van der Waals surface area contributed by atoms with Gasteiger partial charge in [-0.05, 0) is 54.1 Å². The van der Waals surface area contributed by atoms with Gasteiger partial charge in [-0.2, -0.15) is 0 Å². The highest BCUT2D eigenvalue weighted by Crippen LogP contribution is 2.31. The second-order valence-corrected chi connectivity index (χ2v) is 6.12. The summed E-state index contributed by atoms with van der Waals surface area (Å²) in [6.45, 7) is 0.420. The van der Waals surface area contributed by atoms with Gasteiger partial charge in [0.05, 0.1) is 5.56 Å². The molecule has 0 bridgehead atoms. The van der Waals surface area contributed by atoms with Crippen LogP contribution in [-0.4, -0.2) is 15.2 Å². The molecule has 0 unspecified atom stereocenters. The number of pyridine rings is 1. The summed E-state index contributed by atoms with van der Waals surface area (Å²) >= 11 is 5.89. The number of ether oxygens (including phenoxy) is 1. The lowest BCUT2D eigenvalue weighted by atomic mass is 10.2. The van der Waals surface area contributed by atoms with Gasteiger partial charge in [-0.1, -0.05) is 28.8 Å². The summed E-state index contributed by atoms with van der Waals surface area (Å²) < 4.78 is 11.7. The van der Waals surface area contributed by atoms with E-state index in [0.717, 1.165) is 16.8 Å². The first-order chi connectivity index (χ1) is 13.3. The molecule has 2 aromatic carbocycles. The minimum atomic E-state index is 0.288. The van der Waals surface area contributed by atoms with Crippen molar-refractivity contribution < 1.29 is 9.15 Å². The molecule has 2 heterocycles. The largest absolute Gasteiger partial charge is 0.488 e. The molecule has 0 amide bonds. The van der Waals surface area contributed by atoms with Crippen molar-refractivity contribution in [3.63, 3.8) is 0 Å². The van der Waals surface area contributed by atoms with Crippen LogP contribution in [0.3, 0.4) is 0 Å². The van der Waals surface area contributed by atoms with Crippen LogP contribution in [0.5, 0.6) is 5.75 Å². The zero-order chi connectivity index (χ0) is 18.5. The molecule has 0 atom stereocenters. The highest BCUT2D eigenvalue weighted by Gasteiger charge is 2.14. The first-order valence-corrected chi connectivity index (χ1v) is 8.63. The molecule has 2 aromatic heterocycles. The fourth-order valence-electron chi connectivity index (χ4n) is 2.45. The standard InChI is InChI=1S/C20H15ClN4O2/c21-15-5-7-16(8-6-15)23-20-25-24-19(27-20)17-3-1-2-4-18(17)26-13-14-9-11-22-12-10-14/h1-12H,13H2,(H,23,25). The maximum Gasteiger partial charge on any atom is 0.320 e. The number of hydrogen-bond acceptors (Lipinski definition) is 6. The van der Waals surface area contributed by atoms with Crippen molar-refractivity contribution in [1.29, 1.82) is 0 Å². The highest BCUT2D eigenvalue weighted by atomic mass is 35.5. The number of anilines is 2. The number of aromatic nitrogens is 3. The predicted octanol–water partition coefficient (Wildman–Crippen LogP) is 5.11. The van der Waals surface area contributed by atoms with Gasteiger partial charge in [0.1, 0.15) is 12.4 Å². The van der Waals surface area contributed by atoms with Gasteiger partial charge in [-0.25, -0.2) is 0 Å². The molecule has 4 rings (SSSR count). The van der Waals surface area contributed by atoms with E-state index in [4.69, 9.17) is 20.8 Å². The Kier molecular flexibility index (Phi) is 4.98. The molecule has 134 valence electrons. The van der Waals surface area contributed by atoms with Crippen molar-refractivity contribution >= 4 is 23.3 Å². The second kappa shape index (κ2) is 7.88. The molecule has 6 nitrogen and oxygen atoms in total. The summed E-state index contributed by atoms with van der Waals surface area (Å²) in [5.74, 6) is 1.03. The smallest absolute Gasteiger partial charge is 0.320 e. The third kappa shape index (κ3) is 4.24. The molecule has 0 spiro atoms. The molecule has 0 radical (unpaired) electrons. The normalized spacial score (nSPS) is 10.6. The van der Waals surface area contributed by atoms with Crippen LogP contribution in [-0.2, 0) is 6.61 Å². The molecule has 0 fully saturated rings. The number of para-hydroxylation sites is 1. The zero-order valence-electron chi connectivity index (χ0n) is 14.2. The van der Waals surface area contributed by atoms with Gasteiger partial charge in [-0.15, -0.1) is 5.10 Å². The maximum absolute atomic E-state index is 5.93. The maximum atomic E-state index is 5.93. The number of halogens is 1. The summed E-state index contributed by atoms with van der Waals surface area (Å²) in [7, 11) is 0. The predicted molar refractivity (Wildman–Crippen MR) is 103 cm³/mol. The highest BCUT2D eigenvalue weighted by molar-refractivity contribution is 6.30. The fraction of sp³-hybridized carbons (Fsp3) is 0.0500. The Morgan fingerprint density at radius 3 is 2.52 bits per heavy atom. The van der Waals surface area contributed by atoms with E-state index in [0.29, 0.717) is 23.3 Å². The second-order valence-electron chi connectivity index (χ2n) is 5.68. The van der Waals surface area contributed by atoms with E-state index >= 15 is 0 Å². The van der Waals surface area contributed by atoms with Crippen LogP contribution in [0.1, 0.15) is 5.56 Å². The van der Waals surface area contributed by atoms with Crippen LogP contribution >= 0.6 is 11.6 Å². The molecular formula is C20H15ClN4O2. The van der Waals surface area contributed by atoms with Crippen molar-refractivity contribution in [2.75, 3.05) is 5.32 Å². The third-order valence-electron chi connectivity index (χ3n) is 3.78. The number of nitrogens with zero attached hydrogens (tertiary/aromatic N) is 3. The molecule has 27 heavy (non-hydrogen) atoms. The van der Waals surface area contributed by atoms with Crippen molar-refractivity contribution in [1.82, 2.24) is 15.2 Å². The molecule has 1 N–H and O–H groups in total. The fourth-order valence-corrected chi connectivity index (χ4v) is 2.57. The molecule has 0 aliphatic rings. The van der Waals surface area contributed by atoms with E-state index in [9.17, 15) is 0 Å². The molecule has 7 heteroatoms. The average molecular weight is 379 g/mol. The Balaban J connectivity index is 1.52. The van der Waals surface area contributed by atoms with E-state index in [2.05, 4.69) is 20.5 Å². The van der Waals surface area contributed by atoms with E-state index < -0.39 is 0 Å². The number of nitrogens with one attached hydrogen (secondary N) is 1. The van der Waals surface area contributed by atoms with Gasteiger partial charge < -0.3 is 14.5 Å². The van der Waals surface area contributed by atoms with Crippen LogP contribution in [0.15, 0.2) is 77.5 Å². The number of benzene rings is 2. The summed E-state index contributed by atoms with van der Waals surface area (Å²) in [6, 6.07) is 18.9. The van der Waals surface area contributed by atoms with Crippen molar-refractivity contribution in [3.05, 3.63) is 83.6 Å². The zero-order valence-corrected chi connectivity index (χ0v) is 14.9. The molecule has 0 saturated carbocycles. The van der Waals surface area contributed by atoms with Crippen LogP contribution in [0.4, 0.5) is 11.7 Å². The van der Waals surface area contributed by atoms with Gasteiger partial charge in [-0.3, -0.25) is 4.98 Å². The van der Waals surface area contributed by atoms with Crippen molar-refractivity contribution in [3.8, 4) is 17.2 Å². The molecule has 0 aliphatic carbocycles. The van der Waals surface area contributed by atoms with E-state index in [-0.39, 0.29) is 6.01 Å². The van der Waals surface area contributed by atoms with Crippen LogP contribution in [0.2, 0.25) is 5.02 Å². The lowest BCUT2D eigenvalue weighted by molar-refractivity contribution is 0.306. The SMILES string of the molecule is Clc1ccc(Nc2nnc(-c3ccccc3OCc3ccncc3)o2)cc1. The lowest BCUT2D eigenvalue weighted by Crippen LogP contribution is -1.97. The van der Waals surface area contributed by atoms with Gasteiger partial charge in [0.25, 0.3) is 5.89 Å². The summed E-state index contributed by atoms with van der Waals surface area (Å²) in [4.78, 5) is 4.00. The Morgan fingerprint density at radius 2 is 1.70 bits per heavy atom. The van der Waals surface area contributed by atoms with Crippen LogP contribution in [0.25, 0.3) is 11.5 Å². The molecule has 0 aliphatic heterocycles.